The number of rotatable bonds is 11. The first kappa shape index (κ1) is 37.0. The molecule has 0 spiro atoms. The summed E-state index contributed by atoms with van der Waals surface area (Å²) in [6.45, 7) is 33.7. The lowest BCUT2D eigenvalue weighted by atomic mass is 9.43. The summed E-state index contributed by atoms with van der Waals surface area (Å²) in [5.74, 6) is 2.52. The van der Waals surface area contributed by atoms with Gasteiger partial charge in [-0.2, -0.15) is 0 Å². The quantitative estimate of drug-likeness (QED) is 0.123. The Morgan fingerprint density at radius 1 is 0.750 bits per heavy atom. The first-order chi connectivity index (χ1) is 19.9. The Labute approximate surface area is 275 Å². The minimum Gasteiger partial charge on any atom is -0.415 e. The van der Waals surface area contributed by atoms with Crippen LogP contribution >= 0.6 is 0 Å². The molecule has 0 radical (unpaired) electrons. The molecule has 0 heterocycles. The van der Waals surface area contributed by atoms with Gasteiger partial charge in [-0.3, -0.25) is 0 Å². The predicted octanol–water partition coefficient (Wildman–Crippen LogP) is 9.52. The minimum atomic E-state index is -1.99. The van der Waals surface area contributed by atoms with E-state index in [0.29, 0.717) is 35.9 Å². The second-order valence-electron chi connectivity index (χ2n) is 19.3. The Balaban J connectivity index is 1.78. The molecule has 4 rings (SSSR count). The van der Waals surface area contributed by atoms with Gasteiger partial charge in [-0.15, -0.1) is 0 Å². The van der Waals surface area contributed by atoms with Crippen molar-refractivity contribution in [2.45, 2.75) is 162 Å². The molecule has 0 aromatic rings. The molecule has 44 heavy (non-hydrogen) atoms. The van der Waals surface area contributed by atoms with Crippen molar-refractivity contribution >= 4 is 39.0 Å². The van der Waals surface area contributed by atoms with E-state index in [-0.39, 0.29) is 11.5 Å². The summed E-state index contributed by atoms with van der Waals surface area (Å²) in [4.78, 5) is 5.62. The molecule has 256 valence electrons. The van der Waals surface area contributed by atoms with Crippen LogP contribution in [0.4, 0.5) is 0 Å². The molecule has 0 N–H and O–H groups in total. The fraction of sp³-hybridized carbons (Fsp3) is 0.971. The summed E-state index contributed by atoms with van der Waals surface area (Å²) >= 11 is 0. The van der Waals surface area contributed by atoms with Crippen LogP contribution in [-0.2, 0) is 22.5 Å². The van der Waals surface area contributed by atoms with Crippen molar-refractivity contribution in [1.29, 1.82) is 0 Å². The molecule has 10 heteroatoms. The van der Waals surface area contributed by atoms with Crippen LogP contribution in [0.3, 0.4) is 0 Å². The highest BCUT2D eigenvalue weighted by Crippen LogP contribution is 2.70. The van der Waals surface area contributed by atoms with Crippen LogP contribution < -0.4 is 0 Å². The van der Waals surface area contributed by atoms with Crippen molar-refractivity contribution in [1.82, 2.24) is 0 Å². The van der Waals surface area contributed by atoms with Gasteiger partial charge in [0.25, 0.3) is 0 Å². The third kappa shape index (κ3) is 7.73. The Kier molecular flexibility index (Phi) is 10.6. The van der Waals surface area contributed by atoms with Crippen LogP contribution in [0, 0.1) is 34.5 Å². The first-order valence-corrected chi connectivity index (χ1v) is 31.4. The van der Waals surface area contributed by atoms with Crippen molar-refractivity contribution in [3.05, 3.63) is 0 Å². The van der Waals surface area contributed by atoms with Crippen molar-refractivity contribution in [3.63, 3.8) is 0 Å². The summed E-state index contributed by atoms with van der Waals surface area (Å²) < 4.78 is 28.2. The second kappa shape index (κ2) is 12.6. The van der Waals surface area contributed by atoms with E-state index >= 15 is 0 Å². The Morgan fingerprint density at radius 3 is 1.93 bits per heavy atom. The SMILES string of the molecule is CON=C(CO[Si](C)(C)C)[C@@]1(O[Si](C)(C)C)CCC2C3CC[C@H]4C[C@H](O[Si](C)(C)C)CC[C@]4(C)C3[C@@H](O[Si](C)(C)C)C[C@@]21C. The van der Waals surface area contributed by atoms with Crippen LogP contribution in [0.25, 0.3) is 0 Å². The van der Waals surface area contributed by atoms with Gasteiger partial charge >= 0.3 is 0 Å². The van der Waals surface area contributed by atoms with E-state index in [1.165, 1.54) is 38.5 Å². The lowest BCUT2D eigenvalue weighted by Crippen LogP contribution is -2.66. The normalized spacial score (nSPS) is 40.3. The van der Waals surface area contributed by atoms with Crippen molar-refractivity contribution < 1.29 is 22.5 Å². The van der Waals surface area contributed by atoms with Gasteiger partial charge in [-0.1, -0.05) is 19.0 Å². The molecule has 0 amide bonds. The molecule has 4 saturated carbocycles. The summed E-state index contributed by atoms with van der Waals surface area (Å²) in [7, 11) is -5.49. The molecular formula is C34H69NO5Si4. The molecule has 4 fully saturated rings. The highest BCUT2D eigenvalue weighted by molar-refractivity contribution is 6.71. The number of oxime groups is 1. The maximum Gasteiger partial charge on any atom is 0.185 e. The number of nitrogens with zero attached hydrogens (tertiary/aromatic N) is 1. The van der Waals surface area contributed by atoms with E-state index in [4.69, 9.17) is 27.7 Å². The first-order valence-electron chi connectivity index (χ1n) is 17.7. The Bertz CT molecular complexity index is 1050. The van der Waals surface area contributed by atoms with E-state index in [1.54, 1.807) is 7.11 Å². The second-order valence-corrected chi connectivity index (χ2v) is 37.2. The lowest BCUT2D eigenvalue weighted by molar-refractivity contribution is -0.183. The third-order valence-electron chi connectivity index (χ3n) is 11.5. The number of hydrogen-bond donors (Lipinski definition) is 0. The smallest absolute Gasteiger partial charge is 0.185 e. The topological polar surface area (TPSA) is 58.5 Å². The van der Waals surface area contributed by atoms with Crippen LogP contribution in [0.2, 0.25) is 78.6 Å². The summed E-state index contributed by atoms with van der Waals surface area (Å²) in [6.07, 6.45) is 10.2. The minimum absolute atomic E-state index is 0.0970. The van der Waals surface area contributed by atoms with Crippen LogP contribution in [0.15, 0.2) is 5.16 Å². The zero-order valence-corrected chi connectivity index (χ0v) is 35.3. The molecule has 0 bridgehead atoms. The highest BCUT2D eigenvalue weighted by atomic mass is 28.4. The predicted molar refractivity (Wildman–Crippen MR) is 194 cm³/mol. The number of hydrogen-bond acceptors (Lipinski definition) is 6. The lowest BCUT2D eigenvalue weighted by Gasteiger charge is -2.65. The van der Waals surface area contributed by atoms with Crippen molar-refractivity contribution in [3.8, 4) is 0 Å². The summed E-state index contributed by atoms with van der Waals surface area (Å²) in [5.41, 5.74) is 0.678. The Hall–Kier alpha value is 0.178. The molecule has 9 atom stereocenters. The summed E-state index contributed by atoms with van der Waals surface area (Å²) in [6, 6.07) is 0. The largest absolute Gasteiger partial charge is 0.415 e. The van der Waals surface area contributed by atoms with Gasteiger partial charge in [0.2, 0.25) is 0 Å². The van der Waals surface area contributed by atoms with E-state index in [2.05, 4.69) is 92.4 Å². The van der Waals surface area contributed by atoms with Gasteiger partial charge in [-0.05, 0) is 159 Å². The van der Waals surface area contributed by atoms with Crippen LogP contribution in [0.5, 0.6) is 0 Å². The molecule has 6 nitrogen and oxygen atoms in total. The molecule has 4 aliphatic carbocycles. The molecule has 0 aromatic carbocycles. The van der Waals surface area contributed by atoms with Crippen LogP contribution in [0.1, 0.15) is 65.2 Å². The monoisotopic (exact) mass is 683 g/mol. The average molecular weight is 684 g/mol. The fourth-order valence-corrected chi connectivity index (χ4v) is 14.7. The van der Waals surface area contributed by atoms with Crippen molar-refractivity contribution in [2.75, 3.05) is 13.7 Å². The third-order valence-corrected chi connectivity index (χ3v) is 15.5. The van der Waals surface area contributed by atoms with E-state index in [1.807, 2.05) is 0 Å². The molecule has 3 unspecified atom stereocenters. The van der Waals surface area contributed by atoms with Crippen molar-refractivity contribution in [2.24, 2.45) is 39.7 Å². The Morgan fingerprint density at radius 2 is 1.39 bits per heavy atom. The standard InChI is InChI=1S/C34H69NO5Si4/c1-32-20-18-26(38-42(7,8)9)22-25(32)16-17-27-28-19-21-34(40-44(13,14)15,30(35-36-3)24-37-41(4,5)6)33(28,2)23-29(31(27)32)39-43(10,11)12/h25-29,31H,16-24H2,1-15H3/t25-,26+,27?,28?,29-,31?,32-,33-,34-/m0/s1. The van der Waals surface area contributed by atoms with Gasteiger partial charge in [0.15, 0.2) is 33.3 Å². The van der Waals surface area contributed by atoms with E-state index in [9.17, 15) is 0 Å². The fourth-order valence-electron chi connectivity index (χ4n) is 10.3. The van der Waals surface area contributed by atoms with Gasteiger partial charge in [0, 0.05) is 17.6 Å². The molecule has 0 aromatic heterocycles. The van der Waals surface area contributed by atoms with Gasteiger partial charge in [0.1, 0.15) is 18.4 Å². The molecule has 0 aliphatic heterocycles. The zero-order chi connectivity index (χ0) is 33.1. The maximum atomic E-state index is 7.50. The maximum absolute atomic E-state index is 7.50. The average Bonchev–Trinajstić information content (AvgIpc) is 3.10. The summed E-state index contributed by atoms with van der Waals surface area (Å²) in [5, 5.41) is 4.79. The van der Waals surface area contributed by atoms with Gasteiger partial charge < -0.3 is 22.5 Å². The zero-order valence-electron chi connectivity index (χ0n) is 31.3. The molecule has 0 saturated heterocycles. The van der Waals surface area contributed by atoms with Crippen LogP contribution in [-0.4, -0.2) is 70.5 Å². The molecule has 4 aliphatic rings. The van der Waals surface area contributed by atoms with E-state index < -0.39 is 38.9 Å². The van der Waals surface area contributed by atoms with E-state index in [0.717, 1.165) is 24.5 Å². The number of fused-ring (bicyclic) bond motifs is 5. The van der Waals surface area contributed by atoms with Gasteiger partial charge in [0.05, 0.1) is 6.61 Å². The highest BCUT2D eigenvalue weighted by Gasteiger charge is 2.70. The molecular weight excluding hydrogens is 615 g/mol. The van der Waals surface area contributed by atoms with Gasteiger partial charge in [-0.25, -0.2) is 0 Å².